The molecule has 4 heteroatoms. The van der Waals surface area contributed by atoms with Gasteiger partial charge in [-0.05, 0) is 20.4 Å². The van der Waals surface area contributed by atoms with Gasteiger partial charge >= 0.3 is 0 Å². The predicted octanol–water partition coefficient (Wildman–Crippen LogP) is 0.243. The number of rotatable bonds is 1. The Bertz CT molecular complexity index is 294. The van der Waals surface area contributed by atoms with Gasteiger partial charge in [-0.3, -0.25) is 9.69 Å². The molecule has 0 aromatic carbocycles. The van der Waals surface area contributed by atoms with Crippen LogP contribution in [0.2, 0.25) is 0 Å². The molecule has 4 nitrogen and oxygen atoms in total. The largest absolute Gasteiger partial charge is 0.339 e. The highest BCUT2D eigenvalue weighted by Gasteiger charge is 2.48. The lowest BCUT2D eigenvalue weighted by atomic mass is 9.89. The molecule has 2 heterocycles. The lowest BCUT2D eigenvalue weighted by molar-refractivity contribution is -0.134. The molecule has 2 atom stereocenters. The summed E-state index contributed by atoms with van der Waals surface area (Å²) in [5.74, 6) is 0.178. The smallest absolute Gasteiger partial charge is 0.219 e. The Labute approximate surface area is 98.2 Å². The van der Waals surface area contributed by atoms with E-state index in [2.05, 4.69) is 23.8 Å². The summed E-state index contributed by atoms with van der Waals surface area (Å²) in [5.41, 5.74) is 0.0144. The van der Waals surface area contributed by atoms with Crippen LogP contribution in [0.1, 0.15) is 20.3 Å². The maximum absolute atomic E-state index is 11.6. The molecule has 0 aliphatic carbocycles. The number of piperazine rings is 1. The highest BCUT2D eigenvalue weighted by molar-refractivity contribution is 5.74. The van der Waals surface area contributed by atoms with Crippen molar-refractivity contribution in [2.75, 3.05) is 40.3 Å². The third-order valence-corrected chi connectivity index (χ3v) is 4.56. The maximum Gasteiger partial charge on any atom is 0.219 e. The Morgan fingerprint density at radius 3 is 2.69 bits per heavy atom. The molecule has 0 saturated carbocycles. The summed E-state index contributed by atoms with van der Waals surface area (Å²) in [6.45, 7) is 8.40. The molecule has 2 rings (SSSR count). The lowest BCUT2D eigenvalue weighted by Gasteiger charge is -2.46. The van der Waals surface area contributed by atoms with Crippen molar-refractivity contribution < 1.29 is 4.79 Å². The molecule has 92 valence electrons. The van der Waals surface area contributed by atoms with Crippen molar-refractivity contribution in [3.05, 3.63) is 0 Å². The Balaban J connectivity index is 2.19. The number of carbonyl (C=O) groups excluding carboxylic acids is 1. The van der Waals surface area contributed by atoms with Gasteiger partial charge in [0.25, 0.3) is 0 Å². The van der Waals surface area contributed by atoms with Gasteiger partial charge in [0, 0.05) is 46.2 Å². The number of carbonyl (C=O) groups is 1. The normalized spacial score (nSPS) is 36.1. The van der Waals surface area contributed by atoms with E-state index in [1.54, 1.807) is 6.92 Å². The first-order valence-corrected chi connectivity index (χ1v) is 6.12. The van der Waals surface area contributed by atoms with E-state index in [1.165, 1.54) is 0 Å². The van der Waals surface area contributed by atoms with Crippen LogP contribution in [0.3, 0.4) is 0 Å². The highest BCUT2D eigenvalue weighted by atomic mass is 16.2. The first kappa shape index (κ1) is 11.9. The Morgan fingerprint density at radius 2 is 2.06 bits per heavy atom. The summed E-state index contributed by atoms with van der Waals surface area (Å²) in [5, 5.41) is 0. The van der Waals surface area contributed by atoms with Gasteiger partial charge in [0.2, 0.25) is 5.91 Å². The molecule has 0 N–H and O–H groups in total. The van der Waals surface area contributed by atoms with Crippen molar-refractivity contribution in [1.82, 2.24) is 14.7 Å². The minimum absolute atomic E-state index is 0.0144. The number of nitrogens with zero attached hydrogens (tertiary/aromatic N) is 3. The van der Waals surface area contributed by atoms with E-state index >= 15 is 0 Å². The molecule has 0 radical (unpaired) electrons. The molecular formula is C12H23N3O. The van der Waals surface area contributed by atoms with Crippen LogP contribution in [0.15, 0.2) is 0 Å². The van der Waals surface area contributed by atoms with Gasteiger partial charge in [0.05, 0.1) is 5.54 Å². The zero-order chi connectivity index (χ0) is 11.9. The first-order valence-electron chi connectivity index (χ1n) is 6.12. The van der Waals surface area contributed by atoms with Gasteiger partial charge in [-0.15, -0.1) is 0 Å². The van der Waals surface area contributed by atoms with Gasteiger partial charge in [-0.2, -0.15) is 0 Å². The molecule has 0 aromatic rings. The molecule has 1 amide bonds. The van der Waals surface area contributed by atoms with Crippen LogP contribution in [0.25, 0.3) is 0 Å². The molecule has 0 spiro atoms. The summed E-state index contributed by atoms with van der Waals surface area (Å²) in [7, 11) is 4.12. The first-order chi connectivity index (χ1) is 7.45. The van der Waals surface area contributed by atoms with Gasteiger partial charge in [0.15, 0.2) is 0 Å². The predicted molar refractivity (Wildman–Crippen MR) is 64.3 cm³/mol. The fraction of sp³-hybridized carbons (Fsp3) is 0.917. The molecule has 16 heavy (non-hydrogen) atoms. The number of hydrogen-bond acceptors (Lipinski definition) is 3. The third-order valence-electron chi connectivity index (χ3n) is 4.56. The van der Waals surface area contributed by atoms with E-state index in [4.69, 9.17) is 0 Å². The lowest BCUT2D eigenvalue weighted by Crippen LogP contribution is -2.61. The molecule has 2 aliphatic rings. The molecule has 0 bridgehead atoms. The highest BCUT2D eigenvalue weighted by Crippen LogP contribution is 2.35. The Hall–Kier alpha value is -0.610. The average molecular weight is 225 g/mol. The van der Waals surface area contributed by atoms with Crippen LogP contribution in [0, 0.1) is 0 Å². The number of hydrogen-bond donors (Lipinski definition) is 0. The summed E-state index contributed by atoms with van der Waals surface area (Å²) >= 11 is 0. The van der Waals surface area contributed by atoms with Crippen LogP contribution < -0.4 is 0 Å². The second-order valence-electron chi connectivity index (χ2n) is 5.50. The summed E-state index contributed by atoms with van der Waals surface area (Å²) in [4.78, 5) is 18.4. The third kappa shape index (κ3) is 1.74. The molecule has 2 aliphatic heterocycles. The SMILES string of the molecule is CC(=O)N(C)C1(C)CCN2CCN(C)CC21. The summed E-state index contributed by atoms with van der Waals surface area (Å²) in [6, 6.07) is 0.500. The Morgan fingerprint density at radius 1 is 1.38 bits per heavy atom. The van der Waals surface area contributed by atoms with Crippen LogP contribution in [0.4, 0.5) is 0 Å². The van der Waals surface area contributed by atoms with Crippen LogP contribution >= 0.6 is 0 Å². The monoisotopic (exact) mass is 225 g/mol. The van der Waals surface area contributed by atoms with Gasteiger partial charge < -0.3 is 9.80 Å². The molecular weight excluding hydrogens is 202 g/mol. The summed E-state index contributed by atoms with van der Waals surface area (Å²) in [6.07, 6.45) is 1.10. The minimum atomic E-state index is 0.0144. The van der Waals surface area contributed by atoms with Crippen molar-refractivity contribution in [2.45, 2.75) is 31.8 Å². The van der Waals surface area contributed by atoms with Crippen molar-refractivity contribution in [1.29, 1.82) is 0 Å². The van der Waals surface area contributed by atoms with E-state index in [-0.39, 0.29) is 11.4 Å². The fourth-order valence-electron chi connectivity index (χ4n) is 3.10. The quantitative estimate of drug-likeness (QED) is 0.640. The number of amides is 1. The van der Waals surface area contributed by atoms with Crippen molar-refractivity contribution >= 4 is 5.91 Å². The van der Waals surface area contributed by atoms with Crippen LogP contribution in [-0.2, 0) is 4.79 Å². The molecule has 2 unspecified atom stereocenters. The maximum atomic E-state index is 11.6. The van der Waals surface area contributed by atoms with E-state index in [0.717, 1.165) is 32.6 Å². The van der Waals surface area contributed by atoms with E-state index < -0.39 is 0 Å². The number of fused-ring (bicyclic) bond motifs is 1. The second kappa shape index (κ2) is 4.00. The fourth-order valence-corrected chi connectivity index (χ4v) is 3.10. The van der Waals surface area contributed by atoms with Gasteiger partial charge in [-0.1, -0.05) is 0 Å². The van der Waals surface area contributed by atoms with Crippen molar-refractivity contribution in [2.24, 2.45) is 0 Å². The summed E-state index contributed by atoms with van der Waals surface area (Å²) < 4.78 is 0. The van der Waals surface area contributed by atoms with Gasteiger partial charge in [-0.25, -0.2) is 0 Å². The van der Waals surface area contributed by atoms with Crippen LogP contribution in [0.5, 0.6) is 0 Å². The van der Waals surface area contributed by atoms with Crippen molar-refractivity contribution in [3.8, 4) is 0 Å². The Kier molecular flexibility index (Phi) is 2.97. The zero-order valence-electron chi connectivity index (χ0n) is 10.9. The topological polar surface area (TPSA) is 26.8 Å². The van der Waals surface area contributed by atoms with Crippen LogP contribution in [-0.4, -0.2) is 72.5 Å². The minimum Gasteiger partial charge on any atom is -0.339 e. The molecule has 0 aromatic heterocycles. The zero-order valence-corrected chi connectivity index (χ0v) is 10.9. The standard InChI is InChI=1S/C12H23N3O/c1-10(16)14(4)12(2)5-6-15-8-7-13(3)9-11(12)15/h11H,5-9H2,1-4H3. The second-order valence-corrected chi connectivity index (χ2v) is 5.50. The number of likely N-dealkylation sites (N-methyl/N-ethyl adjacent to an activating group) is 2. The van der Waals surface area contributed by atoms with E-state index in [1.807, 2.05) is 11.9 Å². The molecule has 2 saturated heterocycles. The van der Waals surface area contributed by atoms with Gasteiger partial charge in [0.1, 0.15) is 0 Å². The van der Waals surface area contributed by atoms with E-state index in [0.29, 0.717) is 6.04 Å². The van der Waals surface area contributed by atoms with Crippen molar-refractivity contribution in [3.63, 3.8) is 0 Å². The van der Waals surface area contributed by atoms with E-state index in [9.17, 15) is 4.79 Å². The average Bonchev–Trinajstić information content (AvgIpc) is 2.56. The molecule has 2 fully saturated rings.